The average molecular weight is 302 g/mol. The van der Waals surface area contributed by atoms with Gasteiger partial charge in [-0.1, -0.05) is 12.8 Å². The van der Waals surface area contributed by atoms with Crippen molar-refractivity contribution in [3.8, 4) is 0 Å². The fourth-order valence-corrected chi connectivity index (χ4v) is 3.26. The van der Waals surface area contributed by atoms with E-state index in [0.29, 0.717) is 6.54 Å². The van der Waals surface area contributed by atoms with Crippen LogP contribution in [-0.4, -0.2) is 36.6 Å². The van der Waals surface area contributed by atoms with Crippen LogP contribution in [0.15, 0.2) is 18.3 Å². The monoisotopic (exact) mass is 302 g/mol. The molecule has 0 bridgehead atoms. The smallest absolute Gasteiger partial charge is 0.237 e. The Balaban J connectivity index is 1.57. The molecule has 0 aromatic carbocycles. The molecule has 2 aliphatic heterocycles. The molecule has 1 unspecified atom stereocenters. The van der Waals surface area contributed by atoms with Gasteiger partial charge in [-0.25, -0.2) is 4.98 Å². The predicted molar refractivity (Wildman–Crippen MR) is 87.8 cm³/mol. The first-order chi connectivity index (χ1) is 10.8. The molecular formula is C17H26N4O. The van der Waals surface area contributed by atoms with Crippen LogP contribution >= 0.6 is 0 Å². The summed E-state index contributed by atoms with van der Waals surface area (Å²) >= 11 is 0. The van der Waals surface area contributed by atoms with Crippen LogP contribution in [0.3, 0.4) is 0 Å². The summed E-state index contributed by atoms with van der Waals surface area (Å²) in [5.41, 5.74) is 1.13. The Hall–Kier alpha value is -1.62. The van der Waals surface area contributed by atoms with Crippen molar-refractivity contribution in [2.45, 2.75) is 51.1 Å². The Kier molecular flexibility index (Phi) is 5.27. The van der Waals surface area contributed by atoms with Crippen molar-refractivity contribution in [2.24, 2.45) is 0 Å². The number of carbonyl (C=O) groups excluding carboxylic acids is 1. The van der Waals surface area contributed by atoms with Gasteiger partial charge in [0.05, 0.1) is 6.04 Å². The van der Waals surface area contributed by atoms with E-state index >= 15 is 0 Å². The average Bonchev–Trinajstić information content (AvgIpc) is 2.95. The maximum Gasteiger partial charge on any atom is 0.237 e. The number of hydrogen-bond donors (Lipinski definition) is 2. The summed E-state index contributed by atoms with van der Waals surface area (Å²) in [4.78, 5) is 18.9. The Morgan fingerprint density at radius 2 is 2.09 bits per heavy atom. The fraction of sp³-hybridized carbons (Fsp3) is 0.647. The van der Waals surface area contributed by atoms with Crippen LogP contribution in [0.1, 0.15) is 44.1 Å². The molecule has 2 fully saturated rings. The van der Waals surface area contributed by atoms with Gasteiger partial charge >= 0.3 is 0 Å². The first kappa shape index (κ1) is 15.3. The molecule has 0 spiro atoms. The van der Waals surface area contributed by atoms with Gasteiger partial charge in [0.2, 0.25) is 5.91 Å². The molecular weight excluding hydrogens is 276 g/mol. The lowest BCUT2D eigenvalue weighted by Crippen LogP contribution is -2.40. The summed E-state index contributed by atoms with van der Waals surface area (Å²) in [6, 6.07) is 4.10. The number of amides is 1. The molecule has 0 aliphatic carbocycles. The highest BCUT2D eigenvalue weighted by Gasteiger charge is 2.21. The summed E-state index contributed by atoms with van der Waals surface area (Å²) in [5, 5.41) is 6.27. The largest absolute Gasteiger partial charge is 0.357 e. The van der Waals surface area contributed by atoms with Crippen LogP contribution in [0, 0.1) is 0 Å². The number of nitrogens with one attached hydrogen (secondary N) is 2. The summed E-state index contributed by atoms with van der Waals surface area (Å²) in [5.74, 6) is 1.17. The minimum Gasteiger partial charge on any atom is -0.357 e. The van der Waals surface area contributed by atoms with E-state index in [0.717, 1.165) is 43.9 Å². The third kappa shape index (κ3) is 3.97. The van der Waals surface area contributed by atoms with Gasteiger partial charge in [-0.15, -0.1) is 0 Å². The van der Waals surface area contributed by atoms with Gasteiger partial charge in [0.15, 0.2) is 0 Å². The molecule has 1 aromatic rings. The van der Waals surface area contributed by atoms with Crippen LogP contribution in [-0.2, 0) is 11.3 Å². The summed E-state index contributed by atoms with van der Waals surface area (Å²) < 4.78 is 0. The molecule has 1 atom stereocenters. The Morgan fingerprint density at radius 3 is 2.82 bits per heavy atom. The molecule has 0 radical (unpaired) electrons. The maximum atomic E-state index is 12.1. The van der Waals surface area contributed by atoms with Crippen LogP contribution in [0.5, 0.6) is 0 Å². The van der Waals surface area contributed by atoms with Crippen LogP contribution in [0.4, 0.5) is 5.82 Å². The minimum absolute atomic E-state index is 0.00749. The van der Waals surface area contributed by atoms with Crippen LogP contribution in [0.2, 0.25) is 0 Å². The molecule has 3 rings (SSSR count). The Bertz CT molecular complexity index is 491. The molecule has 5 heteroatoms. The zero-order chi connectivity index (χ0) is 15.2. The second kappa shape index (κ2) is 7.58. The van der Waals surface area contributed by atoms with E-state index in [4.69, 9.17) is 0 Å². The second-order valence-electron chi connectivity index (χ2n) is 6.29. The van der Waals surface area contributed by atoms with Gasteiger partial charge in [-0.3, -0.25) is 4.79 Å². The van der Waals surface area contributed by atoms with Crippen molar-refractivity contribution >= 4 is 11.7 Å². The lowest BCUT2D eigenvalue weighted by Gasteiger charge is -2.22. The number of pyridine rings is 1. The van der Waals surface area contributed by atoms with Crippen molar-refractivity contribution in [3.05, 3.63) is 23.9 Å². The zero-order valence-electron chi connectivity index (χ0n) is 13.2. The molecule has 5 nitrogen and oxygen atoms in total. The molecule has 120 valence electrons. The molecule has 2 saturated heterocycles. The van der Waals surface area contributed by atoms with Crippen LogP contribution < -0.4 is 15.5 Å². The highest BCUT2D eigenvalue weighted by atomic mass is 16.2. The van der Waals surface area contributed by atoms with E-state index < -0.39 is 0 Å². The van der Waals surface area contributed by atoms with E-state index in [2.05, 4.69) is 26.6 Å². The number of aromatic nitrogens is 1. The normalized spacial score (nSPS) is 22.4. The standard InChI is InChI=1S/C17H26N4O/c22-17(15-6-5-8-18-15)20-13-14-7-9-19-16(12-14)21-10-3-1-2-4-11-21/h7,9,12,15,18H,1-6,8,10-11,13H2,(H,20,22). The number of carbonyl (C=O) groups is 1. The molecule has 2 aliphatic rings. The third-order valence-electron chi connectivity index (χ3n) is 4.58. The number of nitrogens with zero attached hydrogens (tertiary/aromatic N) is 2. The quantitative estimate of drug-likeness (QED) is 0.891. The Labute approximate surface area is 132 Å². The van der Waals surface area contributed by atoms with Crippen molar-refractivity contribution < 1.29 is 4.79 Å². The number of hydrogen-bond acceptors (Lipinski definition) is 4. The van der Waals surface area contributed by atoms with E-state index in [1.165, 1.54) is 25.7 Å². The first-order valence-electron chi connectivity index (χ1n) is 8.54. The van der Waals surface area contributed by atoms with Gasteiger partial charge in [-0.2, -0.15) is 0 Å². The van der Waals surface area contributed by atoms with E-state index in [9.17, 15) is 4.79 Å². The molecule has 1 amide bonds. The summed E-state index contributed by atoms with van der Waals surface area (Å²) in [6.07, 6.45) is 9.02. The van der Waals surface area contributed by atoms with Gasteiger partial charge in [-0.05, 0) is 49.9 Å². The first-order valence-corrected chi connectivity index (χ1v) is 8.54. The van der Waals surface area contributed by atoms with E-state index in [-0.39, 0.29) is 11.9 Å². The predicted octanol–water partition coefficient (Wildman–Crippen LogP) is 1.83. The maximum absolute atomic E-state index is 12.1. The molecule has 1 aromatic heterocycles. The van der Waals surface area contributed by atoms with E-state index in [1.54, 1.807) is 0 Å². The van der Waals surface area contributed by atoms with Crippen LogP contribution in [0.25, 0.3) is 0 Å². The van der Waals surface area contributed by atoms with Gasteiger partial charge in [0.25, 0.3) is 0 Å². The SMILES string of the molecule is O=C(NCc1ccnc(N2CCCCCC2)c1)C1CCCN1. The van der Waals surface area contributed by atoms with Crippen molar-refractivity contribution in [3.63, 3.8) is 0 Å². The minimum atomic E-state index is -0.00749. The molecule has 0 saturated carbocycles. The molecule has 3 heterocycles. The third-order valence-corrected chi connectivity index (χ3v) is 4.58. The zero-order valence-corrected chi connectivity index (χ0v) is 13.2. The fourth-order valence-electron chi connectivity index (χ4n) is 3.26. The van der Waals surface area contributed by atoms with Crippen molar-refractivity contribution in [1.82, 2.24) is 15.6 Å². The van der Waals surface area contributed by atoms with Crippen molar-refractivity contribution in [1.29, 1.82) is 0 Å². The topological polar surface area (TPSA) is 57.3 Å². The highest BCUT2D eigenvalue weighted by Crippen LogP contribution is 2.18. The second-order valence-corrected chi connectivity index (χ2v) is 6.29. The summed E-state index contributed by atoms with van der Waals surface area (Å²) in [7, 11) is 0. The van der Waals surface area contributed by atoms with Gasteiger partial charge in [0, 0.05) is 25.8 Å². The highest BCUT2D eigenvalue weighted by molar-refractivity contribution is 5.81. The molecule has 22 heavy (non-hydrogen) atoms. The lowest BCUT2D eigenvalue weighted by molar-refractivity contribution is -0.122. The van der Waals surface area contributed by atoms with Crippen molar-refractivity contribution in [2.75, 3.05) is 24.5 Å². The Morgan fingerprint density at radius 1 is 1.27 bits per heavy atom. The van der Waals surface area contributed by atoms with E-state index in [1.807, 2.05) is 12.3 Å². The van der Waals surface area contributed by atoms with Gasteiger partial charge in [0.1, 0.15) is 5.82 Å². The lowest BCUT2D eigenvalue weighted by atomic mass is 10.2. The number of rotatable bonds is 4. The molecule has 2 N–H and O–H groups in total. The van der Waals surface area contributed by atoms with Gasteiger partial charge < -0.3 is 15.5 Å². The number of anilines is 1. The summed E-state index contributed by atoms with van der Waals surface area (Å²) in [6.45, 7) is 3.72.